The van der Waals surface area contributed by atoms with Gasteiger partial charge in [0, 0.05) is 25.2 Å². The van der Waals surface area contributed by atoms with Crippen molar-refractivity contribution in [1.82, 2.24) is 10.2 Å². The summed E-state index contributed by atoms with van der Waals surface area (Å²) < 4.78 is 5.61. The van der Waals surface area contributed by atoms with Gasteiger partial charge in [-0.1, -0.05) is 0 Å². The average Bonchev–Trinajstić information content (AvgIpc) is 2.29. The van der Waals surface area contributed by atoms with Gasteiger partial charge in [-0.25, -0.2) is 0 Å². The molecule has 88 valence electrons. The van der Waals surface area contributed by atoms with E-state index in [4.69, 9.17) is 4.74 Å². The first kappa shape index (κ1) is 11.4. The molecule has 3 nitrogen and oxygen atoms in total. The third-order valence-corrected chi connectivity index (χ3v) is 3.83. The number of piperidine rings is 1. The summed E-state index contributed by atoms with van der Waals surface area (Å²) in [5.74, 6) is 0. The normalized spacial score (nSPS) is 39.2. The largest absolute Gasteiger partial charge is 0.378 e. The molecule has 0 spiro atoms. The molecule has 2 saturated heterocycles. The number of hydrogen-bond acceptors (Lipinski definition) is 3. The molecule has 0 aliphatic carbocycles. The fraction of sp³-hybridized carbons (Fsp3) is 1.00. The zero-order valence-corrected chi connectivity index (χ0v) is 10.0. The zero-order chi connectivity index (χ0) is 10.7. The summed E-state index contributed by atoms with van der Waals surface area (Å²) in [6.45, 7) is 5.67. The summed E-state index contributed by atoms with van der Waals surface area (Å²) in [7, 11) is 2.08. The molecule has 0 bridgehead atoms. The fourth-order valence-electron chi connectivity index (χ4n) is 2.88. The summed E-state index contributed by atoms with van der Waals surface area (Å²) in [6.07, 6.45) is 5.58. The number of likely N-dealkylation sites (N-methyl/N-ethyl adjacent to an activating group) is 1. The van der Waals surface area contributed by atoms with E-state index in [1.807, 2.05) is 0 Å². The minimum Gasteiger partial charge on any atom is -0.378 e. The number of likely N-dealkylation sites (tertiary alicyclic amines) is 1. The molecule has 15 heavy (non-hydrogen) atoms. The Bertz CT molecular complexity index is 198. The van der Waals surface area contributed by atoms with Crippen molar-refractivity contribution >= 4 is 0 Å². The molecule has 0 saturated carbocycles. The molecule has 0 amide bonds. The Kier molecular flexibility index (Phi) is 4.00. The molecule has 3 heteroatoms. The number of ether oxygens (including phenoxy) is 1. The van der Waals surface area contributed by atoms with Gasteiger partial charge in [0.2, 0.25) is 0 Å². The van der Waals surface area contributed by atoms with E-state index in [0.717, 1.165) is 12.6 Å². The van der Waals surface area contributed by atoms with Crippen LogP contribution in [0.25, 0.3) is 0 Å². The van der Waals surface area contributed by atoms with Crippen molar-refractivity contribution in [1.29, 1.82) is 0 Å². The highest BCUT2D eigenvalue weighted by atomic mass is 16.5. The standard InChI is InChI=1S/C12H24N2O/c1-10-8-12(5-7-15-10)14-6-3-4-11(9-14)13-2/h10-13H,3-9H2,1-2H3. The Labute approximate surface area is 93.2 Å². The smallest absolute Gasteiger partial charge is 0.0561 e. The maximum absolute atomic E-state index is 5.61. The minimum atomic E-state index is 0.457. The average molecular weight is 212 g/mol. The van der Waals surface area contributed by atoms with Gasteiger partial charge in [-0.05, 0) is 46.2 Å². The zero-order valence-electron chi connectivity index (χ0n) is 10.0. The maximum atomic E-state index is 5.61. The molecule has 0 radical (unpaired) electrons. The van der Waals surface area contributed by atoms with Gasteiger partial charge < -0.3 is 10.1 Å². The topological polar surface area (TPSA) is 24.5 Å². The van der Waals surface area contributed by atoms with Crippen LogP contribution < -0.4 is 5.32 Å². The highest BCUT2D eigenvalue weighted by molar-refractivity contribution is 4.84. The van der Waals surface area contributed by atoms with E-state index < -0.39 is 0 Å². The SMILES string of the molecule is CNC1CCCN(C2CCOC(C)C2)C1. The lowest BCUT2D eigenvalue weighted by atomic mass is 9.97. The molecule has 0 aromatic carbocycles. The first-order valence-electron chi connectivity index (χ1n) is 6.32. The van der Waals surface area contributed by atoms with Gasteiger partial charge in [-0.15, -0.1) is 0 Å². The molecular weight excluding hydrogens is 188 g/mol. The van der Waals surface area contributed by atoms with Crippen molar-refractivity contribution in [3.63, 3.8) is 0 Å². The third-order valence-electron chi connectivity index (χ3n) is 3.83. The van der Waals surface area contributed by atoms with Crippen molar-refractivity contribution in [2.24, 2.45) is 0 Å². The van der Waals surface area contributed by atoms with Crippen molar-refractivity contribution in [3.05, 3.63) is 0 Å². The van der Waals surface area contributed by atoms with Crippen molar-refractivity contribution < 1.29 is 4.74 Å². The number of nitrogens with zero attached hydrogens (tertiary/aromatic N) is 1. The summed E-state index contributed by atoms with van der Waals surface area (Å²) in [6, 6.07) is 1.47. The van der Waals surface area contributed by atoms with Crippen LogP contribution in [0.2, 0.25) is 0 Å². The highest BCUT2D eigenvalue weighted by Gasteiger charge is 2.28. The highest BCUT2D eigenvalue weighted by Crippen LogP contribution is 2.22. The Hall–Kier alpha value is -0.120. The van der Waals surface area contributed by atoms with E-state index in [-0.39, 0.29) is 0 Å². The second kappa shape index (κ2) is 5.28. The van der Waals surface area contributed by atoms with E-state index in [1.54, 1.807) is 0 Å². The summed E-state index contributed by atoms with van der Waals surface area (Å²) in [5.41, 5.74) is 0. The number of nitrogens with one attached hydrogen (secondary N) is 1. The van der Waals surface area contributed by atoms with Crippen LogP contribution in [-0.2, 0) is 4.74 Å². The third kappa shape index (κ3) is 2.92. The second-order valence-corrected chi connectivity index (χ2v) is 4.98. The van der Waals surface area contributed by atoms with Gasteiger partial charge in [-0.2, -0.15) is 0 Å². The van der Waals surface area contributed by atoms with Crippen LogP contribution in [0.3, 0.4) is 0 Å². The van der Waals surface area contributed by atoms with Crippen LogP contribution in [0.1, 0.15) is 32.6 Å². The molecule has 2 heterocycles. The van der Waals surface area contributed by atoms with E-state index in [2.05, 4.69) is 24.2 Å². The van der Waals surface area contributed by atoms with Crippen molar-refractivity contribution in [3.8, 4) is 0 Å². The molecule has 3 unspecified atom stereocenters. The van der Waals surface area contributed by atoms with Gasteiger partial charge in [0.25, 0.3) is 0 Å². The maximum Gasteiger partial charge on any atom is 0.0561 e. The quantitative estimate of drug-likeness (QED) is 0.745. The van der Waals surface area contributed by atoms with Crippen LogP contribution in [0, 0.1) is 0 Å². The van der Waals surface area contributed by atoms with Crippen LogP contribution in [-0.4, -0.2) is 49.8 Å². The minimum absolute atomic E-state index is 0.457. The van der Waals surface area contributed by atoms with E-state index >= 15 is 0 Å². The Morgan fingerprint density at radius 2 is 2.20 bits per heavy atom. The fourth-order valence-corrected chi connectivity index (χ4v) is 2.88. The Balaban J connectivity index is 1.86. The Morgan fingerprint density at radius 1 is 1.33 bits per heavy atom. The second-order valence-electron chi connectivity index (χ2n) is 4.98. The molecule has 1 N–H and O–H groups in total. The lowest BCUT2D eigenvalue weighted by Gasteiger charge is -2.41. The summed E-state index contributed by atoms with van der Waals surface area (Å²) >= 11 is 0. The summed E-state index contributed by atoms with van der Waals surface area (Å²) in [4.78, 5) is 2.67. The lowest BCUT2D eigenvalue weighted by molar-refractivity contribution is -0.0239. The van der Waals surface area contributed by atoms with Gasteiger partial charge in [0.1, 0.15) is 0 Å². The molecule has 2 aliphatic heterocycles. The van der Waals surface area contributed by atoms with Gasteiger partial charge in [-0.3, -0.25) is 4.90 Å². The molecule has 0 aromatic rings. The first-order chi connectivity index (χ1) is 7.29. The molecule has 2 rings (SSSR count). The molecular formula is C12H24N2O. The van der Waals surface area contributed by atoms with Gasteiger partial charge in [0.05, 0.1) is 6.10 Å². The van der Waals surface area contributed by atoms with Crippen molar-refractivity contribution in [2.75, 3.05) is 26.7 Å². The number of hydrogen-bond donors (Lipinski definition) is 1. The van der Waals surface area contributed by atoms with E-state index in [1.165, 1.54) is 38.8 Å². The van der Waals surface area contributed by atoms with Crippen LogP contribution >= 0.6 is 0 Å². The van der Waals surface area contributed by atoms with Crippen molar-refractivity contribution in [2.45, 2.75) is 50.8 Å². The van der Waals surface area contributed by atoms with Gasteiger partial charge >= 0.3 is 0 Å². The monoisotopic (exact) mass is 212 g/mol. The first-order valence-corrected chi connectivity index (χ1v) is 6.32. The number of rotatable bonds is 2. The van der Waals surface area contributed by atoms with E-state index in [0.29, 0.717) is 12.1 Å². The van der Waals surface area contributed by atoms with Crippen LogP contribution in [0.15, 0.2) is 0 Å². The predicted octanol–water partition coefficient (Wildman–Crippen LogP) is 1.24. The van der Waals surface area contributed by atoms with E-state index in [9.17, 15) is 0 Å². The summed E-state index contributed by atoms with van der Waals surface area (Å²) in [5, 5.41) is 3.41. The molecule has 2 aliphatic rings. The van der Waals surface area contributed by atoms with Crippen LogP contribution in [0.5, 0.6) is 0 Å². The molecule has 0 aromatic heterocycles. The van der Waals surface area contributed by atoms with Crippen LogP contribution in [0.4, 0.5) is 0 Å². The Morgan fingerprint density at radius 3 is 2.93 bits per heavy atom. The molecule has 2 fully saturated rings. The molecule has 3 atom stereocenters. The predicted molar refractivity (Wildman–Crippen MR) is 62.1 cm³/mol. The van der Waals surface area contributed by atoms with Gasteiger partial charge in [0.15, 0.2) is 0 Å². The lowest BCUT2D eigenvalue weighted by Crippen LogP contribution is -2.51.